The first kappa shape index (κ1) is 21.0. The third kappa shape index (κ3) is 6.60. The molecule has 2 N–H and O–H groups in total. The molecule has 164 valence electrons. The maximum atomic E-state index is 10.6. The van der Waals surface area contributed by atoms with Gasteiger partial charge in [-0.05, 0) is 56.9 Å². The number of nitrogens with zero attached hydrogens (tertiary/aromatic N) is 2. The molecule has 0 unspecified atom stereocenters. The van der Waals surface area contributed by atoms with Crippen molar-refractivity contribution < 1.29 is 16.0 Å². The molecule has 0 radical (unpaired) electrons. The predicted molar refractivity (Wildman–Crippen MR) is 123 cm³/mol. The summed E-state index contributed by atoms with van der Waals surface area (Å²) in [5.41, 5.74) is 4.06. The lowest BCUT2D eigenvalue weighted by Crippen LogP contribution is -2.30. The van der Waals surface area contributed by atoms with Crippen LogP contribution >= 0.6 is 0 Å². The number of carboxylic acids is 1. The van der Waals surface area contributed by atoms with Crippen LogP contribution in [0.4, 0.5) is 5.69 Å². The normalized spacial score (nSPS) is 11.7. The van der Waals surface area contributed by atoms with Crippen LogP contribution in [-0.2, 0) is 11.3 Å². The average Bonchev–Trinajstić information content (AvgIpc) is 3.29. The molecule has 0 spiro atoms. The van der Waals surface area contributed by atoms with Gasteiger partial charge < -0.3 is 14.7 Å². The topological polar surface area (TPSA) is 78.4 Å². The zero-order valence-electron chi connectivity index (χ0n) is 19.2. The molecule has 31 heavy (non-hydrogen) atoms. The quantitative estimate of drug-likeness (QED) is 0.376. The minimum absolute atomic E-state index is 0.198. The monoisotopic (exact) mass is 422 g/mol. The number of H-pyrrole nitrogens is 1. The van der Waals surface area contributed by atoms with E-state index in [-0.39, 0.29) is 6.42 Å². The van der Waals surface area contributed by atoms with Gasteiger partial charge >= 0.3 is 5.97 Å². The molecule has 0 aliphatic heterocycles. The van der Waals surface area contributed by atoms with E-state index < -0.39 is 12.0 Å². The van der Waals surface area contributed by atoms with Gasteiger partial charge in [-0.25, -0.2) is 0 Å². The first-order chi connectivity index (χ1) is 15.3. The van der Waals surface area contributed by atoms with Crippen molar-refractivity contribution in [1.82, 2.24) is 10.2 Å². The molecule has 0 saturated heterocycles. The second-order valence-electron chi connectivity index (χ2n) is 7.73. The number of benzene rings is 2. The maximum absolute atomic E-state index is 10.6. The Morgan fingerprint density at radius 3 is 2.58 bits per heavy atom. The number of aromatic amines is 1. The Kier molecular flexibility index (Phi) is 7.58. The largest absolute Gasteiger partial charge is 0.493 e. The van der Waals surface area contributed by atoms with Gasteiger partial charge in [-0.1, -0.05) is 30.3 Å². The van der Waals surface area contributed by atoms with Crippen LogP contribution in [0.5, 0.6) is 5.75 Å². The van der Waals surface area contributed by atoms with Crippen molar-refractivity contribution in [2.24, 2.45) is 0 Å². The van der Waals surface area contributed by atoms with Crippen molar-refractivity contribution >= 4 is 11.7 Å². The van der Waals surface area contributed by atoms with Crippen molar-refractivity contribution in [3.05, 3.63) is 66.5 Å². The predicted octanol–water partition coefficient (Wildman–Crippen LogP) is 5.52. The van der Waals surface area contributed by atoms with Crippen LogP contribution in [0, 0.1) is 0 Å². The van der Waals surface area contributed by atoms with Gasteiger partial charge in [0.1, 0.15) is 5.75 Å². The van der Waals surface area contributed by atoms with Gasteiger partial charge in [0.25, 0.3) is 0 Å². The van der Waals surface area contributed by atoms with Crippen LogP contribution < -0.4 is 9.64 Å². The molecule has 0 saturated carbocycles. The van der Waals surface area contributed by atoms with Gasteiger partial charge in [-0.3, -0.25) is 9.89 Å². The third-order valence-corrected chi connectivity index (χ3v) is 5.14. The number of hydrogen-bond acceptors (Lipinski definition) is 4. The van der Waals surface area contributed by atoms with Crippen LogP contribution in [0.1, 0.15) is 46.5 Å². The van der Waals surface area contributed by atoms with Crippen molar-refractivity contribution in [1.29, 1.82) is 0 Å². The van der Waals surface area contributed by atoms with Gasteiger partial charge in [0, 0.05) is 42.0 Å². The molecule has 1 aromatic heterocycles. The van der Waals surface area contributed by atoms with Crippen LogP contribution in [-0.4, -0.2) is 33.9 Å². The molecule has 0 atom stereocenters. The minimum atomic E-state index is -0.832. The number of rotatable bonds is 12. The van der Waals surface area contributed by atoms with Gasteiger partial charge in [0.15, 0.2) is 0 Å². The summed E-state index contributed by atoms with van der Waals surface area (Å²) < 4.78 is 14.7. The van der Waals surface area contributed by atoms with E-state index in [1.165, 1.54) is 0 Å². The summed E-state index contributed by atoms with van der Waals surface area (Å²) in [6.07, 6.45) is 6.14. The highest BCUT2D eigenvalue weighted by Gasteiger charge is 2.14. The number of unbranched alkanes of at least 4 members (excludes halogenated alkanes) is 2. The van der Waals surface area contributed by atoms with Gasteiger partial charge in [-0.2, -0.15) is 5.10 Å². The van der Waals surface area contributed by atoms with Gasteiger partial charge in [0.05, 0.1) is 14.2 Å². The Hall–Kier alpha value is -3.28. The summed E-state index contributed by atoms with van der Waals surface area (Å²) in [6.45, 7) is 4.84. The molecule has 2 aromatic carbocycles. The number of nitrogens with one attached hydrogen (secondary N) is 1. The lowest BCUT2D eigenvalue weighted by Gasteiger charge is -2.30. The summed E-state index contributed by atoms with van der Waals surface area (Å²) in [5.74, 6) is 0.0437. The highest BCUT2D eigenvalue weighted by molar-refractivity contribution is 5.66. The fourth-order valence-electron chi connectivity index (χ4n) is 3.43. The number of para-hydroxylation sites is 1. The second kappa shape index (κ2) is 11.2. The Morgan fingerprint density at radius 1 is 1.13 bits per heavy atom. The molecule has 0 amide bonds. The van der Waals surface area contributed by atoms with E-state index in [4.69, 9.17) is 11.2 Å². The Labute approximate surface area is 185 Å². The maximum Gasteiger partial charge on any atom is 0.303 e. The standard InChI is InChI=1S/C25H31N3O3/c1-19(2)28(23-13-11-20(12-14-23)22-16-26-27-17-22)18-21-8-5-6-9-24(21)31-15-7-3-4-10-25(29)30/h5-6,8-9,11-14,16-17,19H,3-4,7,10,15,18H2,1-2H3,(H,26,27)(H,29,30)/i19D. The van der Waals surface area contributed by atoms with Crippen LogP contribution in [0.2, 0.25) is 0 Å². The molecular weight excluding hydrogens is 390 g/mol. The molecular formula is C25H31N3O3. The fourth-order valence-corrected chi connectivity index (χ4v) is 3.43. The lowest BCUT2D eigenvalue weighted by atomic mass is 10.1. The fraction of sp³-hybridized carbons (Fsp3) is 0.360. The summed E-state index contributed by atoms with van der Waals surface area (Å²) in [5, 5.41) is 15.6. The van der Waals surface area contributed by atoms with E-state index in [0.29, 0.717) is 19.6 Å². The molecule has 3 aromatic rings. The molecule has 1 heterocycles. The Morgan fingerprint density at radius 2 is 1.90 bits per heavy atom. The molecule has 0 aliphatic carbocycles. The van der Waals surface area contributed by atoms with E-state index in [2.05, 4.69) is 10.2 Å². The highest BCUT2D eigenvalue weighted by atomic mass is 16.5. The molecule has 6 heteroatoms. The van der Waals surface area contributed by atoms with Crippen molar-refractivity contribution in [2.45, 2.75) is 52.1 Å². The summed E-state index contributed by atoms with van der Waals surface area (Å²) in [4.78, 5) is 12.7. The van der Waals surface area contributed by atoms with Gasteiger partial charge in [-0.15, -0.1) is 0 Å². The number of aromatic nitrogens is 2. The number of carbonyl (C=O) groups is 1. The molecule has 6 nitrogen and oxygen atoms in total. The first-order valence-electron chi connectivity index (χ1n) is 11.1. The van der Waals surface area contributed by atoms with E-state index in [9.17, 15) is 4.79 Å². The SMILES string of the molecule is [2H]C(C)(C)N(Cc1ccccc1OCCCCCC(=O)O)c1ccc(-c2cn[nH]c2)cc1. The first-order valence-corrected chi connectivity index (χ1v) is 10.6. The van der Waals surface area contributed by atoms with E-state index in [1.807, 2.05) is 73.5 Å². The lowest BCUT2D eigenvalue weighted by molar-refractivity contribution is -0.137. The summed E-state index contributed by atoms with van der Waals surface area (Å²) in [7, 11) is 0. The second-order valence-corrected chi connectivity index (χ2v) is 7.73. The van der Waals surface area contributed by atoms with Crippen molar-refractivity contribution in [3.63, 3.8) is 0 Å². The zero-order chi connectivity index (χ0) is 23.0. The van der Waals surface area contributed by atoms with E-state index in [1.54, 1.807) is 6.20 Å². The van der Waals surface area contributed by atoms with E-state index >= 15 is 0 Å². The smallest absolute Gasteiger partial charge is 0.303 e. The number of carboxylic acid groups (broad SMARTS) is 1. The number of anilines is 1. The highest BCUT2D eigenvalue weighted by Crippen LogP contribution is 2.27. The summed E-state index contributed by atoms with van der Waals surface area (Å²) >= 11 is 0. The van der Waals surface area contributed by atoms with Crippen LogP contribution in [0.3, 0.4) is 0 Å². The average molecular weight is 423 g/mol. The Balaban J connectivity index is 1.69. The number of hydrogen-bond donors (Lipinski definition) is 2. The van der Waals surface area contributed by atoms with Gasteiger partial charge in [0.2, 0.25) is 0 Å². The van der Waals surface area contributed by atoms with Crippen LogP contribution in [0.25, 0.3) is 11.1 Å². The van der Waals surface area contributed by atoms with E-state index in [0.717, 1.165) is 41.0 Å². The Bertz CT molecular complexity index is 982. The molecule has 0 aliphatic rings. The zero-order valence-corrected chi connectivity index (χ0v) is 18.2. The van der Waals surface area contributed by atoms with Crippen molar-refractivity contribution in [3.8, 4) is 16.9 Å². The molecule has 0 bridgehead atoms. The molecule has 0 fully saturated rings. The van der Waals surface area contributed by atoms with Crippen LogP contribution in [0.15, 0.2) is 60.9 Å². The minimum Gasteiger partial charge on any atom is -0.493 e. The third-order valence-electron chi connectivity index (χ3n) is 5.14. The summed E-state index contributed by atoms with van der Waals surface area (Å²) in [6, 6.07) is 15.2. The number of ether oxygens (including phenoxy) is 1. The van der Waals surface area contributed by atoms with Crippen molar-refractivity contribution in [2.75, 3.05) is 11.5 Å². The number of aliphatic carboxylic acids is 1. The molecule has 3 rings (SSSR count).